The Morgan fingerprint density at radius 2 is 1.86 bits per heavy atom. The number of aromatic nitrogens is 1. The van der Waals surface area contributed by atoms with Crippen molar-refractivity contribution >= 4 is 28.5 Å². The van der Waals surface area contributed by atoms with Gasteiger partial charge in [0.1, 0.15) is 35.8 Å². The van der Waals surface area contributed by atoms with Crippen molar-refractivity contribution in [3.05, 3.63) is 83.8 Å². The molecule has 3 aromatic carbocycles. The van der Waals surface area contributed by atoms with Crippen molar-refractivity contribution in [2.45, 2.75) is 20.0 Å². The quantitative estimate of drug-likeness (QED) is 0.292. The van der Waals surface area contributed by atoms with E-state index in [2.05, 4.69) is 0 Å². The van der Waals surface area contributed by atoms with Gasteiger partial charge in [0.05, 0.1) is 17.7 Å². The Labute approximate surface area is 207 Å². The summed E-state index contributed by atoms with van der Waals surface area (Å²) in [6.45, 7) is 4.04. The number of hydrogen-bond acceptors (Lipinski definition) is 6. The molecular formula is C28H25FN2O5. The van der Waals surface area contributed by atoms with Crippen LogP contribution in [-0.2, 0) is 4.79 Å². The van der Waals surface area contributed by atoms with Gasteiger partial charge in [0.2, 0.25) is 0 Å². The van der Waals surface area contributed by atoms with Crippen molar-refractivity contribution in [2.24, 2.45) is 0 Å². The fourth-order valence-corrected chi connectivity index (χ4v) is 4.46. The summed E-state index contributed by atoms with van der Waals surface area (Å²) in [4.78, 5) is 26.7. The van der Waals surface area contributed by atoms with Crippen LogP contribution in [0, 0.1) is 12.7 Å². The van der Waals surface area contributed by atoms with E-state index in [9.17, 15) is 14.0 Å². The first kappa shape index (κ1) is 23.4. The zero-order chi connectivity index (χ0) is 25.4. The largest absolute Gasteiger partial charge is 0.490 e. The molecule has 0 spiro atoms. The highest BCUT2D eigenvalue weighted by atomic mass is 19.1. The van der Waals surface area contributed by atoms with E-state index >= 15 is 0 Å². The van der Waals surface area contributed by atoms with E-state index in [0.29, 0.717) is 52.6 Å². The van der Waals surface area contributed by atoms with Crippen LogP contribution >= 0.6 is 0 Å². The average Bonchev–Trinajstić information content (AvgIpc) is 3.19. The summed E-state index contributed by atoms with van der Waals surface area (Å²) in [7, 11) is 1.89. The van der Waals surface area contributed by atoms with Gasteiger partial charge in [-0.1, -0.05) is 6.07 Å². The first-order chi connectivity index (χ1) is 17.3. The third-order valence-electron chi connectivity index (χ3n) is 6.09. The second-order valence-corrected chi connectivity index (χ2v) is 8.78. The lowest BCUT2D eigenvalue weighted by atomic mass is 10.2. The van der Waals surface area contributed by atoms with Crippen LogP contribution in [0.3, 0.4) is 0 Å². The van der Waals surface area contributed by atoms with E-state index in [0.717, 1.165) is 5.69 Å². The van der Waals surface area contributed by atoms with Crippen molar-refractivity contribution in [3.8, 4) is 17.2 Å². The standard InChI is InChI=1S/C28H25FN2O5/c1-17-13-23-24(5-4-6-26(23)35-18(2)32)31(17)28(33)19-7-10-21(11-8-19)34-16-22-15-30(3)25-14-20(29)9-12-27(25)36-22/h4-14,22H,15-16H2,1-3H3/t22-/m0/s1. The molecule has 0 saturated carbocycles. The van der Waals surface area contributed by atoms with E-state index in [4.69, 9.17) is 14.2 Å². The minimum Gasteiger partial charge on any atom is -0.490 e. The van der Waals surface area contributed by atoms with Crippen LogP contribution in [0.25, 0.3) is 10.9 Å². The molecule has 4 aromatic rings. The van der Waals surface area contributed by atoms with Crippen LogP contribution in [-0.4, -0.2) is 42.7 Å². The molecule has 0 bridgehead atoms. The molecule has 5 rings (SSSR count). The number of nitrogens with zero attached hydrogens (tertiary/aromatic N) is 2. The number of hydrogen-bond donors (Lipinski definition) is 0. The second kappa shape index (κ2) is 9.37. The number of carbonyl (C=O) groups is 2. The minimum atomic E-state index is -0.418. The average molecular weight is 489 g/mol. The summed E-state index contributed by atoms with van der Waals surface area (Å²) in [5.41, 5.74) is 2.59. The first-order valence-electron chi connectivity index (χ1n) is 11.5. The molecule has 1 aliphatic rings. The number of likely N-dealkylation sites (N-methyl/N-ethyl adjacent to an activating group) is 1. The van der Waals surface area contributed by atoms with Crippen molar-refractivity contribution in [3.63, 3.8) is 0 Å². The maximum atomic E-state index is 13.5. The number of carbonyl (C=O) groups excluding carboxylic acids is 2. The summed E-state index contributed by atoms with van der Waals surface area (Å²) in [6, 6.07) is 18.5. The molecule has 7 nitrogen and oxygen atoms in total. The van der Waals surface area contributed by atoms with Gasteiger partial charge < -0.3 is 19.1 Å². The number of benzene rings is 3. The van der Waals surface area contributed by atoms with Gasteiger partial charge in [-0.3, -0.25) is 14.2 Å². The monoisotopic (exact) mass is 488 g/mol. The molecule has 0 saturated heterocycles. The highest BCUT2D eigenvalue weighted by molar-refractivity contribution is 6.04. The maximum Gasteiger partial charge on any atom is 0.308 e. The molecule has 36 heavy (non-hydrogen) atoms. The first-order valence-corrected chi connectivity index (χ1v) is 11.5. The molecule has 0 fully saturated rings. The number of halogens is 1. The van der Waals surface area contributed by atoms with Gasteiger partial charge in [0.25, 0.3) is 5.91 Å². The van der Waals surface area contributed by atoms with E-state index < -0.39 is 5.97 Å². The minimum absolute atomic E-state index is 0.199. The number of fused-ring (bicyclic) bond motifs is 2. The Hall–Kier alpha value is -4.33. The van der Waals surface area contributed by atoms with Gasteiger partial charge >= 0.3 is 5.97 Å². The lowest BCUT2D eigenvalue weighted by molar-refractivity contribution is -0.131. The lowest BCUT2D eigenvalue weighted by Crippen LogP contribution is -2.41. The highest BCUT2D eigenvalue weighted by Gasteiger charge is 2.24. The number of rotatable bonds is 5. The Morgan fingerprint density at radius 1 is 1.08 bits per heavy atom. The molecule has 1 aromatic heterocycles. The fraction of sp³-hybridized carbons (Fsp3) is 0.214. The number of esters is 1. The van der Waals surface area contributed by atoms with Gasteiger partial charge in [-0.25, -0.2) is 4.39 Å². The van der Waals surface area contributed by atoms with Crippen LogP contribution in [0.2, 0.25) is 0 Å². The molecule has 0 N–H and O–H groups in total. The van der Waals surface area contributed by atoms with Crippen LogP contribution < -0.4 is 19.1 Å². The predicted octanol–water partition coefficient (Wildman–Crippen LogP) is 4.98. The molecule has 1 atom stereocenters. The predicted molar refractivity (Wildman–Crippen MR) is 134 cm³/mol. The van der Waals surface area contributed by atoms with Crippen LogP contribution in [0.4, 0.5) is 10.1 Å². The fourth-order valence-electron chi connectivity index (χ4n) is 4.46. The SMILES string of the molecule is CC(=O)Oc1cccc2c1cc(C)n2C(=O)c1ccc(OC[C@@H]2CN(C)c3cc(F)ccc3O2)cc1. The molecule has 0 amide bonds. The zero-order valence-corrected chi connectivity index (χ0v) is 20.2. The van der Waals surface area contributed by atoms with Gasteiger partial charge in [-0.05, 0) is 61.5 Å². The normalized spacial score (nSPS) is 14.8. The van der Waals surface area contributed by atoms with E-state index in [-0.39, 0.29) is 17.8 Å². The van der Waals surface area contributed by atoms with E-state index in [1.807, 2.05) is 31.0 Å². The third-order valence-corrected chi connectivity index (χ3v) is 6.09. The molecule has 2 heterocycles. The summed E-state index contributed by atoms with van der Waals surface area (Å²) in [6.07, 6.45) is -0.227. The number of anilines is 1. The second-order valence-electron chi connectivity index (χ2n) is 8.78. The Kier molecular flexibility index (Phi) is 6.10. The maximum absolute atomic E-state index is 13.5. The summed E-state index contributed by atoms with van der Waals surface area (Å²) in [5.74, 6) is 0.719. The highest BCUT2D eigenvalue weighted by Crippen LogP contribution is 2.33. The zero-order valence-electron chi connectivity index (χ0n) is 20.2. The molecule has 184 valence electrons. The molecule has 0 aliphatic carbocycles. The van der Waals surface area contributed by atoms with Crippen molar-refractivity contribution in [1.29, 1.82) is 0 Å². The molecule has 8 heteroatoms. The summed E-state index contributed by atoms with van der Waals surface area (Å²) in [5, 5.41) is 0.695. The van der Waals surface area contributed by atoms with E-state index in [1.54, 1.807) is 47.0 Å². The van der Waals surface area contributed by atoms with Crippen LogP contribution in [0.1, 0.15) is 23.0 Å². The van der Waals surface area contributed by atoms with E-state index in [1.165, 1.54) is 19.1 Å². The van der Waals surface area contributed by atoms with Crippen LogP contribution in [0.5, 0.6) is 17.2 Å². The van der Waals surface area contributed by atoms with Crippen molar-refractivity contribution < 1.29 is 28.2 Å². The number of ether oxygens (including phenoxy) is 3. The Morgan fingerprint density at radius 3 is 2.61 bits per heavy atom. The smallest absolute Gasteiger partial charge is 0.308 e. The van der Waals surface area contributed by atoms with Crippen molar-refractivity contribution in [2.75, 3.05) is 25.1 Å². The number of aryl methyl sites for hydroxylation is 1. The Bertz CT molecular complexity index is 1460. The summed E-state index contributed by atoms with van der Waals surface area (Å²) < 4.78 is 32.3. The molecule has 0 unspecified atom stereocenters. The topological polar surface area (TPSA) is 70.0 Å². The van der Waals surface area contributed by atoms with Crippen LogP contribution in [0.15, 0.2) is 66.7 Å². The molecule has 1 aliphatic heterocycles. The van der Waals surface area contributed by atoms with Gasteiger partial charge in [-0.15, -0.1) is 0 Å². The summed E-state index contributed by atoms with van der Waals surface area (Å²) >= 11 is 0. The lowest BCUT2D eigenvalue weighted by Gasteiger charge is -2.33. The van der Waals surface area contributed by atoms with Gasteiger partial charge in [0, 0.05) is 36.7 Å². The molecule has 0 radical (unpaired) electrons. The van der Waals surface area contributed by atoms with Gasteiger partial charge in [0.15, 0.2) is 0 Å². The van der Waals surface area contributed by atoms with Gasteiger partial charge in [-0.2, -0.15) is 0 Å². The Balaban J connectivity index is 1.29. The third kappa shape index (κ3) is 4.49. The molecular weight excluding hydrogens is 463 g/mol. The van der Waals surface area contributed by atoms with Crippen molar-refractivity contribution in [1.82, 2.24) is 4.57 Å².